The van der Waals surface area contributed by atoms with Crippen molar-refractivity contribution in [3.8, 4) is 0 Å². The molecule has 0 aliphatic heterocycles. The van der Waals surface area contributed by atoms with E-state index in [-0.39, 0.29) is 11.8 Å². The molecule has 0 radical (unpaired) electrons. The summed E-state index contributed by atoms with van der Waals surface area (Å²) in [6.07, 6.45) is 2.97. The van der Waals surface area contributed by atoms with Gasteiger partial charge in [-0.05, 0) is 58.8 Å². The van der Waals surface area contributed by atoms with Gasteiger partial charge in [0.15, 0.2) is 0 Å². The number of hydrogen-bond acceptors (Lipinski definition) is 3. The maximum absolute atomic E-state index is 12.2. The Kier molecular flexibility index (Phi) is 6.52. The smallest absolute Gasteiger partial charge is 0.254 e. The van der Waals surface area contributed by atoms with Gasteiger partial charge < -0.3 is 10.6 Å². The second-order valence-electron chi connectivity index (χ2n) is 5.02. The minimum atomic E-state index is -0.164. The van der Waals surface area contributed by atoms with E-state index < -0.39 is 0 Å². The zero-order chi connectivity index (χ0) is 16.7. The van der Waals surface area contributed by atoms with E-state index in [0.29, 0.717) is 22.2 Å². The predicted molar refractivity (Wildman–Crippen MR) is 98.1 cm³/mol. The van der Waals surface area contributed by atoms with Crippen LogP contribution < -0.4 is 10.6 Å². The molecule has 1 aromatic carbocycles. The lowest BCUT2D eigenvalue weighted by Crippen LogP contribution is -2.24. The number of carbonyl (C=O) groups is 2. The zero-order valence-electron chi connectivity index (χ0n) is 12.8. The summed E-state index contributed by atoms with van der Waals surface area (Å²) in [5.74, 6) is -0.165. The zero-order valence-corrected chi connectivity index (χ0v) is 15.0. The minimum absolute atomic E-state index is 0.00130. The van der Waals surface area contributed by atoms with Gasteiger partial charge in [0.25, 0.3) is 5.91 Å². The van der Waals surface area contributed by atoms with Crippen molar-refractivity contribution in [3.05, 3.63) is 57.4 Å². The number of benzene rings is 1. The van der Waals surface area contributed by atoms with Crippen LogP contribution in [-0.4, -0.2) is 16.8 Å². The highest BCUT2D eigenvalue weighted by Gasteiger charge is 2.10. The second-order valence-corrected chi connectivity index (χ2v) is 6.04. The lowest BCUT2D eigenvalue weighted by molar-refractivity contribution is -0.116. The first-order chi connectivity index (χ1) is 11.1. The number of halogens is 1. The van der Waals surface area contributed by atoms with Crippen molar-refractivity contribution in [2.45, 2.75) is 26.3 Å². The first-order valence-corrected chi connectivity index (χ1v) is 8.45. The molecule has 0 atom stereocenters. The number of pyridine rings is 1. The van der Waals surface area contributed by atoms with Crippen LogP contribution in [0.1, 0.15) is 35.7 Å². The molecule has 23 heavy (non-hydrogen) atoms. The third-order valence-corrected chi connectivity index (χ3v) is 4.00. The summed E-state index contributed by atoms with van der Waals surface area (Å²) in [7, 11) is 0. The number of carbonyl (C=O) groups excluding carboxylic acids is 2. The number of nitrogens with one attached hydrogen (secondary N) is 2. The fourth-order valence-corrected chi connectivity index (χ4v) is 2.63. The molecule has 2 rings (SSSR count). The lowest BCUT2D eigenvalue weighted by Gasteiger charge is -2.09. The molecule has 0 fully saturated rings. The van der Waals surface area contributed by atoms with Gasteiger partial charge in [-0.25, -0.2) is 4.98 Å². The third-order valence-electron chi connectivity index (χ3n) is 3.14. The van der Waals surface area contributed by atoms with Gasteiger partial charge in [0.05, 0.1) is 5.56 Å². The molecule has 0 aliphatic carbocycles. The fraction of sp³-hybridized carbons (Fsp3) is 0.235. The lowest BCUT2D eigenvalue weighted by atomic mass is 10.2. The van der Waals surface area contributed by atoms with Crippen molar-refractivity contribution in [1.82, 2.24) is 10.3 Å². The quantitative estimate of drug-likeness (QED) is 0.553. The number of aromatic nitrogens is 1. The summed E-state index contributed by atoms with van der Waals surface area (Å²) in [6.45, 7) is 2.35. The molecule has 2 aromatic rings. The van der Waals surface area contributed by atoms with Crippen LogP contribution in [0, 0.1) is 3.70 Å². The first-order valence-electron chi connectivity index (χ1n) is 7.37. The van der Waals surface area contributed by atoms with E-state index in [1.165, 1.54) is 0 Å². The Balaban J connectivity index is 1.97. The van der Waals surface area contributed by atoms with E-state index in [1.807, 2.05) is 53.8 Å². The standard InChI is InChI=1S/C17H18IN3O2/c1-2-5-15(22)21-13-7-3-6-12(10-13)11-20-17(23)14-8-4-9-19-16(14)18/h3-4,6-10H,2,5,11H2,1H3,(H,20,23)(H,21,22). The van der Waals surface area contributed by atoms with Crippen molar-refractivity contribution in [1.29, 1.82) is 0 Å². The van der Waals surface area contributed by atoms with Crippen molar-refractivity contribution >= 4 is 40.1 Å². The minimum Gasteiger partial charge on any atom is -0.348 e. The number of amides is 2. The number of anilines is 1. The Morgan fingerprint density at radius 2 is 2.04 bits per heavy atom. The molecule has 0 saturated carbocycles. The molecule has 0 saturated heterocycles. The summed E-state index contributed by atoms with van der Waals surface area (Å²) in [5.41, 5.74) is 2.22. The van der Waals surface area contributed by atoms with Gasteiger partial charge in [-0.1, -0.05) is 19.1 Å². The van der Waals surface area contributed by atoms with Gasteiger partial charge in [-0.2, -0.15) is 0 Å². The van der Waals surface area contributed by atoms with E-state index in [1.54, 1.807) is 18.3 Å². The van der Waals surface area contributed by atoms with Gasteiger partial charge in [0, 0.05) is 24.8 Å². The molecule has 2 N–H and O–H groups in total. The van der Waals surface area contributed by atoms with Gasteiger partial charge in [-0.15, -0.1) is 0 Å². The van der Waals surface area contributed by atoms with Crippen molar-refractivity contribution in [3.63, 3.8) is 0 Å². The van der Waals surface area contributed by atoms with Crippen LogP contribution in [0.2, 0.25) is 0 Å². The average Bonchev–Trinajstić information content (AvgIpc) is 2.53. The van der Waals surface area contributed by atoms with Crippen LogP contribution >= 0.6 is 22.6 Å². The largest absolute Gasteiger partial charge is 0.348 e. The van der Waals surface area contributed by atoms with Crippen LogP contribution in [-0.2, 0) is 11.3 Å². The molecule has 6 heteroatoms. The number of nitrogens with zero attached hydrogens (tertiary/aromatic N) is 1. The highest BCUT2D eigenvalue weighted by Crippen LogP contribution is 2.12. The van der Waals surface area contributed by atoms with Crippen LogP contribution in [0.25, 0.3) is 0 Å². The van der Waals surface area contributed by atoms with E-state index in [0.717, 1.165) is 17.7 Å². The van der Waals surface area contributed by atoms with Crippen LogP contribution in [0.3, 0.4) is 0 Å². The van der Waals surface area contributed by atoms with E-state index in [2.05, 4.69) is 15.6 Å². The summed E-state index contributed by atoms with van der Waals surface area (Å²) >= 11 is 2.04. The van der Waals surface area contributed by atoms with Crippen LogP contribution in [0.4, 0.5) is 5.69 Å². The van der Waals surface area contributed by atoms with Crippen molar-refractivity contribution < 1.29 is 9.59 Å². The Morgan fingerprint density at radius 3 is 2.78 bits per heavy atom. The maximum atomic E-state index is 12.2. The van der Waals surface area contributed by atoms with Crippen LogP contribution in [0.5, 0.6) is 0 Å². The normalized spacial score (nSPS) is 10.2. The summed E-state index contributed by atoms with van der Waals surface area (Å²) in [6, 6.07) is 10.9. The van der Waals surface area contributed by atoms with Crippen molar-refractivity contribution in [2.75, 3.05) is 5.32 Å². The molecular weight excluding hydrogens is 405 g/mol. The van der Waals surface area contributed by atoms with E-state index >= 15 is 0 Å². The molecular formula is C17H18IN3O2. The van der Waals surface area contributed by atoms with Gasteiger partial charge in [0.1, 0.15) is 3.70 Å². The SMILES string of the molecule is CCCC(=O)Nc1cccc(CNC(=O)c2cccnc2I)c1. The number of hydrogen-bond donors (Lipinski definition) is 2. The Labute approximate surface area is 149 Å². The molecule has 0 bridgehead atoms. The summed E-state index contributed by atoms with van der Waals surface area (Å²) in [5, 5.41) is 5.71. The topological polar surface area (TPSA) is 71.1 Å². The highest BCUT2D eigenvalue weighted by atomic mass is 127. The summed E-state index contributed by atoms with van der Waals surface area (Å²) in [4.78, 5) is 27.9. The molecule has 2 amide bonds. The van der Waals surface area contributed by atoms with Gasteiger partial charge >= 0.3 is 0 Å². The molecule has 0 spiro atoms. The Morgan fingerprint density at radius 1 is 1.22 bits per heavy atom. The molecule has 0 unspecified atom stereocenters. The second kappa shape index (κ2) is 8.61. The number of rotatable bonds is 6. The molecule has 5 nitrogen and oxygen atoms in total. The highest BCUT2D eigenvalue weighted by molar-refractivity contribution is 14.1. The third kappa shape index (κ3) is 5.31. The molecule has 1 heterocycles. The Bertz CT molecular complexity index is 704. The van der Waals surface area contributed by atoms with E-state index in [4.69, 9.17) is 0 Å². The molecule has 0 aliphatic rings. The Hall–Kier alpha value is -1.96. The maximum Gasteiger partial charge on any atom is 0.254 e. The molecule has 1 aromatic heterocycles. The predicted octanol–water partition coefficient (Wildman–Crippen LogP) is 3.35. The van der Waals surface area contributed by atoms with Crippen molar-refractivity contribution in [2.24, 2.45) is 0 Å². The van der Waals surface area contributed by atoms with Gasteiger partial charge in [-0.3, -0.25) is 9.59 Å². The monoisotopic (exact) mass is 423 g/mol. The van der Waals surface area contributed by atoms with E-state index in [9.17, 15) is 9.59 Å². The average molecular weight is 423 g/mol. The molecule has 120 valence electrons. The first kappa shape index (κ1) is 17.4. The summed E-state index contributed by atoms with van der Waals surface area (Å²) < 4.78 is 0.670. The van der Waals surface area contributed by atoms with Crippen LogP contribution in [0.15, 0.2) is 42.6 Å². The van der Waals surface area contributed by atoms with Gasteiger partial charge in [0.2, 0.25) is 5.91 Å². The fourth-order valence-electron chi connectivity index (χ4n) is 2.04.